The number of anilines is 1. The maximum Gasteiger partial charge on any atom is 0.309 e. The molecule has 136 valence electrons. The quantitative estimate of drug-likeness (QED) is 0.526. The molecule has 0 unspecified atom stereocenters. The number of carbonyl (C=O) groups is 1. The number of carbonyl (C=O) groups excluding carboxylic acids is 1. The van der Waals surface area contributed by atoms with Crippen LogP contribution in [0, 0.1) is 28.4 Å². The first kappa shape index (κ1) is 17.8. The number of nitrogens with one attached hydrogen (secondary N) is 1. The third kappa shape index (κ3) is 3.67. The summed E-state index contributed by atoms with van der Waals surface area (Å²) in [5.41, 5.74) is 1.22. The van der Waals surface area contributed by atoms with Crippen molar-refractivity contribution in [1.82, 2.24) is 19.6 Å². The summed E-state index contributed by atoms with van der Waals surface area (Å²) >= 11 is 0. The lowest BCUT2D eigenvalue weighted by atomic mass is 10.3. The summed E-state index contributed by atoms with van der Waals surface area (Å²) in [5, 5.41) is 30.9. The summed E-state index contributed by atoms with van der Waals surface area (Å²) in [6.45, 7) is 1.74. The number of aromatic nitrogens is 4. The minimum Gasteiger partial charge on any atom is -0.309 e. The van der Waals surface area contributed by atoms with Gasteiger partial charge >= 0.3 is 5.69 Å². The number of hydrogen-bond donors (Lipinski definition) is 1. The number of nitro groups is 1. The van der Waals surface area contributed by atoms with Crippen LogP contribution in [-0.2, 0) is 11.3 Å². The van der Waals surface area contributed by atoms with E-state index in [9.17, 15) is 20.2 Å². The largest absolute Gasteiger partial charge is 0.309 e. The van der Waals surface area contributed by atoms with E-state index in [0.29, 0.717) is 11.4 Å². The first-order valence-corrected chi connectivity index (χ1v) is 8.01. The number of hydrogen-bond acceptors (Lipinski definition) is 6. The van der Waals surface area contributed by atoms with Gasteiger partial charge in [-0.3, -0.25) is 19.6 Å². The molecule has 1 amide bonds. The zero-order chi connectivity index (χ0) is 19.4. The van der Waals surface area contributed by atoms with E-state index >= 15 is 0 Å². The molecular formula is C17H15N7O3. The van der Waals surface area contributed by atoms with Crippen LogP contribution in [0.15, 0.2) is 42.7 Å². The fourth-order valence-electron chi connectivity index (χ4n) is 2.56. The first-order valence-electron chi connectivity index (χ1n) is 8.01. The van der Waals surface area contributed by atoms with Crippen LogP contribution in [0.3, 0.4) is 0 Å². The zero-order valence-electron chi connectivity index (χ0n) is 14.4. The Bertz CT molecular complexity index is 1030. The van der Waals surface area contributed by atoms with Gasteiger partial charge in [0.2, 0.25) is 5.91 Å². The number of benzene rings is 1. The average Bonchev–Trinajstić information content (AvgIpc) is 3.24. The van der Waals surface area contributed by atoms with Gasteiger partial charge in [0.05, 0.1) is 23.4 Å². The highest BCUT2D eigenvalue weighted by molar-refractivity contribution is 5.91. The van der Waals surface area contributed by atoms with Crippen molar-refractivity contribution >= 4 is 17.4 Å². The topological polar surface area (TPSA) is 132 Å². The van der Waals surface area contributed by atoms with Gasteiger partial charge in [0.25, 0.3) is 0 Å². The lowest BCUT2D eigenvalue weighted by Gasteiger charge is -2.10. The van der Waals surface area contributed by atoms with E-state index in [0.717, 1.165) is 6.20 Å². The van der Waals surface area contributed by atoms with Crippen molar-refractivity contribution in [3.8, 4) is 11.8 Å². The van der Waals surface area contributed by atoms with Crippen LogP contribution in [-0.4, -0.2) is 30.4 Å². The van der Waals surface area contributed by atoms with Crippen LogP contribution in [0.4, 0.5) is 11.5 Å². The number of rotatable bonds is 6. The second kappa shape index (κ2) is 7.49. The molecule has 10 nitrogen and oxygen atoms in total. The molecule has 1 N–H and O–H groups in total. The molecule has 0 bridgehead atoms. The van der Waals surface area contributed by atoms with Crippen LogP contribution in [0.1, 0.15) is 17.7 Å². The third-order valence-electron chi connectivity index (χ3n) is 3.97. The highest BCUT2D eigenvalue weighted by Gasteiger charge is 2.18. The van der Waals surface area contributed by atoms with E-state index in [4.69, 9.17) is 0 Å². The number of amides is 1. The molecule has 3 aromatic rings. The Labute approximate surface area is 153 Å². The van der Waals surface area contributed by atoms with E-state index in [1.54, 1.807) is 19.1 Å². The first-order chi connectivity index (χ1) is 13.0. The highest BCUT2D eigenvalue weighted by atomic mass is 16.6. The van der Waals surface area contributed by atoms with Crippen molar-refractivity contribution in [2.24, 2.45) is 0 Å². The standard InChI is InChI=1S/C17H15N7O3/c1-12-15(24(26)27)11-19-22(12)8-7-16(25)21-17-13(9-18)10-20-23(17)14-5-3-2-4-6-14/h2-6,10-11H,7-8H2,1H3,(H,21,25). The minimum absolute atomic E-state index is 0.0323. The monoisotopic (exact) mass is 365 g/mol. The second-order valence-corrected chi connectivity index (χ2v) is 5.66. The minimum atomic E-state index is -0.517. The van der Waals surface area contributed by atoms with E-state index < -0.39 is 4.92 Å². The van der Waals surface area contributed by atoms with Crippen LogP contribution in [0.25, 0.3) is 5.69 Å². The summed E-state index contributed by atoms with van der Waals surface area (Å²) in [4.78, 5) is 22.7. The smallest absolute Gasteiger partial charge is 0.309 e. The SMILES string of the molecule is Cc1c([N+](=O)[O-])cnn1CCC(=O)Nc1c(C#N)cnn1-c1ccccc1. The van der Waals surface area contributed by atoms with Gasteiger partial charge in [0, 0.05) is 6.42 Å². The predicted octanol–water partition coefficient (Wildman–Crippen LogP) is 2.19. The van der Waals surface area contributed by atoms with Gasteiger partial charge in [-0.15, -0.1) is 0 Å². The van der Waals surface area contributed by atoms with Gasteiger partial charge in [-0.1, -0.05) is 18.2 Å². The van der Waals surface area contributed by atoms with Gasteiger partial charge < -0.3 is 5.32 Å². The third-order valence-corrected chi connectivity index (χ3v) is 3.97. The molecule has 0 aliphatic carbocycles. The number of nitriles is 1. The molecule has 2 aromatic heterocycles. The summed E-state index contributed by atoms with van der Waals surface area (Å²) < 4.78 is 2.87. The van der Waals surface area contributed by atoms with Gasteiger partial charge in [0.1, 0.15) is 23.5 Å². The number of aryl methyl sites for hydroxylation is 1. The summed E-state index contributed by atoms with van der Waals surface area (Å²) in [6.07, 6.45) is 2.57. The number of para-hydroxylation sites is 1. The molecule has 27 heavy (non-hydrogen) atoms. The molecule has 0 spiro atoms. The Balaban J connectivity index is 1.74. The Morgan fingerprint density at radius 2 is 2.04 bits per heavy atom. The van der Waals surface area contributed by atoms with E-state index in [1.165, 1.54) is 15.6 Å². The Morgan fingerprint density at radius 1 is 1.30 bits per heavy atom. The molecule has 0 saturated heterocycles. The maximum atomic E-state index is 12.4. The highest BCUT2D eigenvalue weighted by Crippen LogP contribution is 2.20. The maximum absolute atomic E-state index is 12.4. The molecular weight excluding hydrogens is 350 g/mol. The normalized spacial score (nSPS) is 10.4. The Morgan fingerprint density at radius 3 is 2.67 bits per heavy atom. The van der Waals surface area contributed by atoms with E-state index in [1.807, 2.05) is 24.3 Å². The van der Waals surface area contributed by atoms with Crippen molar-refractivity contribution in [2.75, 3.05) is 5.32 Å². The molecule has 10 heteroatoms. The predicted molar refractivity (Wildman–Crippen MR) is 95.1 cm³/mol. The molecule has 0 aliphatic rings. The number of nitrogens with zero attached hydrogens (tertiary/aromatic N) is 6. The van der Waals surface area contributed by atoms with E-state index in [2.05, 4.69) is 15.5 Å². The Kier molecular flexibility index (Phi) is 4.94. The summed E-state index contributed by atoms with van der Waals surface area (Å²) in [6, 6.07) is 11.1. The molecule has 0 fully saturated rings. The van der Waals surface area contributed by atoms with Crippen molar-refractivity contribution in [1.29, 1.82) is 5.26 Å². The zero-order valence-corrected chi connectivity index (χ0v) is 14.4. The van der Waals surface area contributed by atoms with Crippen LogP contribution in [0.5, 0.6) is 0 Å². The molecule has 0 atom stereocenters. The summed E-state index contributed by atoms with van der Waals surface area (Å²) in [7, 11) is 0. The molecule has 1 aromatic carbocycles. The van der Waals surface area contributed by atoms with Crippen molar-refractivity contribution in [3.63, 3.8) is 0 Å². The van der Waals surface area contributed by atoms with Crippen LogP contribution >= 0.6 is 0 Å². The van der Waals surface area contributed by atoms with Crippen LogP contribution in [0.2, 0.25) is 0 Å². The molecule has 0 radical (unpaired) electrons. The van der Waals surface area contributed by atoms with Gasteiger partial charge in [-0.05, 0) is 19.1 Å². The fourth-order valence-corrected chi connectivity index (χ4v) is 2.56. The van der Waals surface area contributed by atoms with Gasteiger partial charge in [-0.2, -0.15) is 15.5 Å². The second-order valence-electron chi connectivity index (χ2n) is 5.66. The lowest BCUT2D eigenvalue weighted by molar-refractivity contribution is -0.385. The molecule has 2 heterocycles. The molecule has 0 saturated carbocycles. The van der Waals surface area contributed by atoms with E-state index in [-0.39, 0.29) is 35.9 Å². The molecule has 0 aliphatic heterocycles. The van der Waals surface area contributed by atoms with Crippen molar-refractivity contribution < 1.29 is 9.72 Å². The van der Waals surface area contributed by atoms with Crippen molar-refractivity contribution in [3.05, 3.63) is 64.1 Å². The van der Waals surface area contributed by atoms with Gasteiger partial charge in [0.15, 0.2) is 5.82 Å². The van der Waals surface area contributed by atoms with Crippen molar-refractivity contribution in [2.45, 2.75) is 19.9 Å². The molecule has 3 rings (SSSR count). The van der Waals surface area contributed by atoms with Crippen LogP contribution < -0.4 is 5.32 Å². The lowest BCUT2D eigenvalue weighted by Crippen LogP contribution is -2.18. The summed E-state index contributed by atoms with van der Waals surface area (Å²) in [5.74, 6) is -0.0846. The van der Waals surface area contributed by atoms with Gasteiger partial charge in [-0.25, -0.2) is 4.68 Å². The average molecular weight is 365 g/mol. The fraction of sp³-hybridized carbons (Fsp3) is 0.176. The Hall–Kier alpha value is -4.00.